The third kappa shape index (κ3) is 3.47. The largest absolute Gasteiger partial charge is 0.455 e. The van der Waals surface area contributed by atoms with Crippen LogP contribution in [0, 0.1) is 0 Å². The number of anilines is 3. The number of benzene rings is 7. The number of hydrogen-bond donors (Lipinski definition) is 0. The molecule has 10 rings (SSSR count). The van der Waals surface area contributed by atoms with E-state index in [1.54, 1.807) is 0 Å². The lowest BCUT2D eigenvalue weighted by atomic mass is 10.0. The summed E-state index contributed by atoms with van der Waals surface area (Å²) in [5.74, 6) is 0. The lowest BCUT2D eigenvalue weighted by molar-refractivity contribution is 0.670. The average molecular weight is 608 g/mol. The third-order valence-corrected chi connectivity index (χ3v) is 13.6. The van der Waals surface area contributed by atoms with E-state index in [9.17, 15) is 0 Å². The zero-order chi connectivity index (χ0) is 30.6. The molecule has 46 heavy (non-hydrogen) atoms. The van der Waals surface area contributed by atoms with Gasteiger partial charge in [-0.15, -0.1) is 0 Å². The fourth-order valence-corrected chi connectivity index (χ4v) is 10.8. The van der Waals surface area contributed by atoms with Gasteiger partial charge in [-0.1, -0.05) is 92.0 Å². The summed E-state index contributed by atoms with van der Waals surface area (Å²) < 4.78 is 12.9. The van der Waals surface area contributed by atoms with Crippen LogP contribution in [0.3, 0.4) is 0 Å². The summed E-state index contributed by atoms with van der Waals surface area (Å²) in [7, 11) is -2.02. The van der Waals surface area contributed by atoms with E-state index in [4.69, 9.17) is 8.83 Å². The summed E-state index contributed by atoms with van der Waals surface area (Å²) in [6.07, 6.45) is 0. The molecule has 9 aromatic rings. The highest BCUT2D eigenvalue weighted by Gasteiger charge is 2.40. The van der Waals surface area contributed by atoms with Crippen molar-refractivity contribution in [3.05, 3.63) is 140 Å². The van der Waals surface area contributed by atoms with Crippen molar-refractivity contribution in [2.45, 2.75) is 13.1 Å². The first-order valence-corrected chi connectivity index (χ1v) is 18.9. The fourth-order valence-electron chi connectivity index (χ4n) is 7.79. The Morgan fingerprint density at radius 3 is 1.85 bits per heavy atom. The van der Waals surface area contributed by atoms with E-state index in [-0.39, 0.29) is 0 Å². The SMILES string of the molecule is C[Si]1(C)c2cc(N(c3ccccc3)c3ccc4c(ccc5c6ccccc6oc45)c3)ccc2-c2c1ccc1c2oc2ccccc21. The van der Waals surface area contributed by atoms with E-state index >= 15 is 0 Å². The molecule has 0 amide bonds. The van der Waals surface area contributed by atoms with Crippen LogP contribution in [-0.4, -0.2) is 8.07 Å². The maximum absolute atomic E-state index is 6.56. The van der Waals surface area contributed by atoms with Gasteiger partial charge in [0.05, 0.1) is 0 Å². The van der Waals surface area contributed by atoms with Crippen LogP contribution in [0.5, 0.6) is 0 Å². The first kappa shape index (κ1) is 25.7. The van der Waals surface area contributed by atoms with Gasteiger partial charge in [0.15, 0.2) is 0 Å². The first-order valence-electron chi connectivity index (χ1n) is 15.9. The number of para-hydroxylation sites is 3. The molecule has 7 aromatic carbocycles. The van der Waals surface area contributed by atoms with E-state index in [0.717, 1.165) is 60.9 Å². The van der Waals surface area contributed by atoms with Crippen molar-refractivity contribution < 1.29 is 8.83 Å². The molecule has 0 saturated carbocycles. The predicted molar refractivity (Wildman–Crippen MR) is 195 cm³/mol. The van der Waals surface area contributed by atoms with Crippen molar-refractivity contribution in [3.8, 4) is 11.1 Å². The normalized spacial score (nSPS) is 13.6. The summed E-state index contributed by atoms with van der Waals surface area (Å²) in [5, 5.41) is 9.84. The van der Waals surface area contributed by atoms with Crippen LogP contribution >= 0.6 is 0 Å². The van der Waals surface area contributed by atoms with Gasteiger partial charge in [-0.2, -0.15) is 0 Å². The molecule has 0 atom stereocenters. The van der Waals surface area contributed by atoms with E-state index in [1.807, 2.05) is 18.2 Å². The Hall–Kier alpha value is -5.58. The maximum Gasteiger partial charge on any atom is 0.143 e. The Bertz CT molecular complexity index is 2680. The summed E-state index contributed by atoms with van der Waals surface area (Å²) in [6.45, 7) is 4.94. The second-order valence-corrected chi connectivity index (χ2v) is 17.3. The van der Waals surface area contributed by atoms with Crippen LogP contribution in [-0.2, 0) is 0 Å². The lowest BCUT2D eigenvalue weighted by Gasteiger charge is -2.27. The van der Waals surface area contributed by atoms with Gasteiger partial charge in [0.1, 0.15) is 30.4 Å². The molecular formula is C42H29NO2Si. The smallest absolute Gasteiger partial charge is 0.143 e. The molecule has 3 heterocycles. The maximum atomic E-state index is 6.56. The minimum atomic E-state index is -2.02. The Kier molecular flexibility index (Phi) is 5.16. The van der Waals surface area contributed by atoms with Gasteiger partial charge in [-0.05, 0) is 82.0 Å². The highest BCUT2D eigenvalue weighted by molar-refractivity contribution is 7.04. The second-order valence-electron chi connectivity index (χ2n) is 12.9. The number of furan rings is 2. The van der Waals surface area contributed by atoms with Crippen molar-refractivity contribution in [2.24, 2.45) is 0 Å². The third-order valence-electron chi connectivity index (χ3n) is 10.0. The predicted octanol–water partition coefficient (Wildman–Crippen LogP) is 10.9. The molecule has 218 valence electrons. The Labute approximate surface area is 266 Å². The molecule has 0 saturated heterocycles. The van der Waals surface area contributed by atoms with Crippen LogP contribution in [0.4, 0.5) is 17.1 Å². The molecule has 0 spiro atoms. The van der Waals surface area contributed by atoms with Gasteiger partial charge in [-0.3, -0.25) is 0 Å². The Balaban J connectivity index is 1.16. The van der Waals surface area contributed by atoms with Crippen LogP contribution in [0.1, 0.15) is 0 Å². The van der Waals surface area contributed by atoms with Crippen molar-refractivity contribution in [1.29, 1.82) is 0 Å². The fraction of sp³-hybridized carbons (Fsp3) is 0.0476. The highest BCUT2D eigenvalue weighted by Crippen LogP contribution is 2.43. The van der Waals surface area contributed by atoms with E-state index < -0.39 is 8.07 Å². The lowest BCUT2D eigenvalue weighted by Crippen LogP contribution is -2.49. The molecule has 0 bridgehead atoms. The van der Waals surface area contributed by atoms with Gasteiger partial charge in [-0.25, -0.2) is 0 Å². The molecule has 1 aliphatic heterocycles. The molecule has 0 unspecified atom stereocenters. The van der Waals surface area contributed by atoms with Crippen LogP contribution in [0.2, 0.25) is 13.1 Å². The first-order chi connectivity index (χ1) is 22.6. The van der Waals surface area contributed by atoms with Gasteiger partial charge in [0, 0.05) is 49.6 Å². The minimum Gasteiger partial charge on any atom is -0.455 e. The number of hydrogen-bond acceptors (Lipinski definition) is 3. The molecule has 4 heteroatoms. The van der Waals surface area contributed by atoms with E-state index in [0.29, 0.717) is 0 Å². The van der Waals surface area contributed by atoms with Crippen molar-refractivity contribution in [1.82, 2.24) is 0 Å². The molecule has 0 radical (unpaired) electrons. The molecule has 1 aliphatic rings. The second kappa shape index (κ2) is 9.22. The van der Waals surface area contributed by atoms with Crippen molar-refractivity contribution in [3.63, 3.8) is 0 Å². The Morgan fingerprint density at radius 2 is 1.07 bits per heavy atom. The van der Waals surface area contributed by atoms with Crippen LogP contribution in [0.15, 0.2) is 148 Å². The minimum absolute atomic E-state index is 0.922. The monoisotopic (exact) mass is 607 g/mol. The van der Waals surface area contributed by atoms with Crippen LogP contribution in [0.25, 0.3) is 65.8 Å². The van der Waals surface area contributed by atoms with E-state index in [2.05, 4.69) is 139 Å². The van der Waals surface area contributed by atoms with Gasteiger partial charge in [0.2, 0.25) is 0 Å². The summed E-state index contributed by atoms with van der Waals surface area (Å²) in [5.41, 5.74) is 9.80. The standard InChI is InChI=1S/C42H29NO2Si/c1-46(2)38-23-22-34-32-13-7-9-15-37(32)45-42(34)40(38)35-21-18-29(25-39(35)46)43(27-10-4-3-5-11-27)28-17-20-30-26(24-28)16-19-33-31-12-6-8-14-36(31)44-41(30)33/h3-25H,1-2H3. The summed E-state index contributed by atoms with van der Waals surface area (Å²) >= 11 is 0. The molecule has 0 aliphatic carbocycles. The van der Waals surface area contributed by atoms with Crippen molar-refractivity contribution in [2.75, 3.05) is 4.90 Å². The molecular weight excluding hydrogens is 579 g/mol. The average Bonchev–Trinajstić information content (AvgIpc) is 3.73. The zero-order valence-corrected chi connectivity index (χ0v) is 26.5. The van der Waals surface area contributed by atoms with Gasteiger partial charge < -0.3 is 13.7 Å². The summed E-state index contributed by atoms with van der Waals surface area (Å²) in [6, 6.07) is 50.2. The zero-order valence-electron chi connectivity index (χ0n) is 25.5. The van der Waals surface area contributed by atoms with Crippen molar-refractivity contribution >= 4 is 90.2 Å². The summed E-state index contributed by atoms with van der Waals surface area (Å²) in [4.78, 5) is 2.38. The van der Waals surface area contributed by atoms with E-state index in [1.165, 1.54) is 32.3 Å². The highest BCUT2D eigenvalue weighted by atomic mass is 28.3. The number of fused-ring (bicyclic) bond motifs is 12. The molecule has 3 nitrogen and oxygen atoms in total. The topological polar surface area (TPSA) is 29.5 Å². The molecule has 0 N–H and O–H groups in total. The van der Waals surface area contributed by atoms with Gasteiger partial charge in [0.25, 0.3) is 0 Å². The molecule has 0 fully saturated rings. The van der Waals surface area contributed by atoms with Crippen LogP contribution < -0.4 is 15.3 Å². The quantitative estimate of drug-likeness (QED) is 0.187. The van der Waals surface area contributed by atoms with Gasteiger partial charge >= 0.3 is 0 Å². The Morgan fingerprint density at radius 1 is 0.457 bits per heavy atom. The molecule has 2 aromatic heterocycles. The number of nitrogens with zero attached hydrogens (tertiary/aromatic N) is 1. The number of rotatable bonds is 3.